The molecule has 0 aliphatic rings. The summed E-state index contributed by atoms with van der Waals surface area (Å²) in [7, 11) is 6.24. The number of nitriles is 1. The topological polar surface area (TPSA) is 77.8 Å². The Balaban J connectivity index is -0.000000417. The van der Waals surface area contributed by atoms with Gasteiger partial charge in [0.1, 0.15) is 24.1 Å². The van der Waals surface area contributed by atoms with Gasteiger partial charge in [-0.15, -0.1) is 0 Å². The van der Waals surface area contributed by atoms with E-state index in [1.165, 1.54) is 25.5 Å². The molecule has 182 valence electrons. The van der Waals surface area contributed by atoms with Gasteiger partial charge in [0.25, 0.3) is 6.26 Å². The van der Waals surface area contributed by atoms with Crippen LogP contribution in [0.4, 0.5) is 4.39 Å². The van der Waals surface area contributed by atoms with E-state index in [0.29, 0.717) is 6.61 Å². The van der Waals surface area contributed by atoms with Crippen LogP contribution in [0.5, 0.6) is 5.75 Å². The largest absolute Gasteiger partial charge is 0.496 e. The summed E-state index contributed by atoms with van der Waals surface area (Å²) in [6.07, 6.45) is 5.05. The zero-order chi connectivity index (χ0) is 26.1. The van der Waals surface area contributed by atoms with E-state index in [1.807, 2.05) is 51.8 Å². The highest BCUT2D eigenvalue weighted by molar-refractivity contribution is 5.59. The van der Waals surface area contributed by atoms with Crippen LogP contribution in [0.15, 0.2) is 55.1 Å². The fourth-order valence-corrected chi connectivity index (χ4v) is 2.22. The predicted molar refractivity (Wildman–Crippen MR) is 132 cm³/mol. The van der Waals surface area contributed by atoms with Crippen LogP contribution in [0.25, 0.3) is 11.8 Å². The zero-order valence-corrected chi connectivity index (χ0v) is 20.7. The fraction of sp³-hybridized carbons (Fsp3) is 0.308. The van der Waals surface area contributed by atoms with Gasteiger partial charge in [-0.3, -0.25) is 0 Å². The van der Waals surface area contributed by atoms with Gasteiger partial charge < -0.3 is 23.7 Å². The standard InChI is InChI=1S/C11H14O2.C10H11FO.C2H3NO.C2H6.CH2O/c1-4-10-7-9(8-12-2)5-6-11(10)13-3;1-3-10(12-2)8-4-6-9(11)7-5-8;1-4-2-3;2*1-2/h4-7H,1,8H2,2-3H3;3-7H,1-2H3;1H3;1-2H3;1H2/b;10-3-;;;. The van der Waals surface area contributed by atoms with E-state index < -0.39 is 0 Å². The van der Waals surface area contributed by atoms with E-state index in [2.05, 4.69) is 11.3 Å². The summed E-state index contributed by atoms with van der Waals surface area (Å²) < 4.78 is 31.6. The number of ether oxygens (including phenoxy) is 4. The summed E-state index contributed by atoms with van der Waals surface area (Å²) in [6.45, 7) is 12.2. The quantitative estimate of drug-likeness (QED) is 0.372. The zero-order valence-electron chi connectivity index (χ0n) is 20.7. The highest BCUT2D eigenvalue weighted by atomic mass is 19.1. The highest BCUT2D eigenvalue weighted by Crippen LogP contribution is 2.21. The molecule has 2 aromatic rings. The van der Waals surface area contributed by atoms with Gasteiger partial charge in [-0.05, 0) is 55.0 Å². The molecule has 0 N–H and O–H groups in total. The number of carbonyl (C=O) groups is 1. The van der Waals surface area contributed by atoms with Crippen LogP contribution in [0, 0.1) is 17.3 Å². The van der Waals surface area contributed by atoms with Crippen molar-refractivity contribution >= 4 is 18.6 Å². The molecular weight excluding hydrogens is 425 g/mol. The van der Waals surface area contributed by atoms with E-state index in [-0.39, 0.29) is 5.82 Å². The predicted octanol–water partition coefficient (Wildman–Crippen LogP) is 6.27. The maximum absolute atomic E-state index is 12.5. The summed E-state index contributed by atoms with van der Waals surface area (Å²) >= 11 is 0. The Morgan fingerprint density at radius 2 is 1.61 bits per heavy atom. The van der Waals surface area contributed by atoms with Gasteiger partial charge in [0.2, 0.25) is 0 Å². The summed E-state index contributed by atoms with van der Waals surface area (Å²) in [4.78, 5) is 8.00. The van der Waals surface area contributed by atoms with Crippen molar-refractivity contribution in [3.8, 4) is 12.0 Å². The molecule has 0 aromatic heterocycles. The first kappa shape index (κ1) is 34.0. The molecule has 6 nitrogen and oxygen atoms in total. The maximum atomic E-state index is 12.5. The second kappa shape index (κ2) is 24.6. The molecule has 0 saturated carbocycles. The first-order valence-electron chi connectivity index (χ1n) is 9.96. The Morgan fingerprint density at radius 3 is 1.97 bits per heavy atom. The van der Waals surface area contributed by atoms with Gasteiger partial charge in [-0.25, -0.2) is 4.39 Å². The van der Waals surface area contributed by atoms with Gasteiger partial charge in [-0.1, -0.05) is 32.6 Å². The number of benzene rings is 2. The molecule has 0 aliphatic carbocycles. The molecule has 0 atom stereocenters. The fourth-order valence-electron chi connectivity index (χ4n) is 2.22. The molecule has 0 fully saturated rings. The minimum Gasteiger partial charge on any atom is -0.496 e. The van der Waals surface area contributed by atoms with Gasteiger partial charge in [0.05, 0.1) is 27.9 Å². The molecule has 33 heavy (non-hydrogen) atoms. The van der Waals surface area contributed by atoms with E-state index >= 15 is 0 Å². The van der Waals surface area contributed by atoms with Crippen LogP contribution in [0.3, 0.4) is 0 Å². The molecular formula is C26H36FNO5. The highest BCUT2D eigenvalue weighted by Gasteiger charge is 2.00. The molecule has 0 spiro atoms. The third kappa shape index (κ3) is 15.8. The Morgan fingerprint density at radius 1 is 1.06 bits per heavy atom. The van der Waals surface area contributed by atoms with Crippen molar-refractivity contribution in [1.82, 2.24) is 0 Å². The smallest absolute Gasteiger partial charge is 0.286 e. The van der Waals surface area contributed by atoms with Crippen molar-refractivity contribution in [2.75, 3.05) is 28.4 Å². The number of carbonyl (C=O) groups excluding carboxylic acids is 1. The van der Waals surface area contributed by atoms with Crippen molar-refractivity contribution in [1.29, 1.82) is 5.26 Å². The second-order valence-electron chi connectivity index (χ2n) is 5.37. The number of methoxy groups -OCH3 is 4. The van der Waals surface area contributed by atoms with Crippen molar-refractivity contribution < 1.29 is 28.1 Å². The summed E-state index contributed by atoms with van der Waals surface area (Å²) in [5.74, 6) is 1.37. The van der Waals surface area contributed by atoms with Gasteiger partial charge in [0.15, 0.2) is 0 Å². The summed E-state index contributed by atoms with van der Waals surface area (Å²) in [5.41, 5.74) is 3.01. The average Bonchev–Trinajstić information content (AvgIpc) is 2.89. The minimum atomic E-state index is -0.231. The molecule has 0 radical (unpaired) electrons. The number of allylic oxidation sites excluding steroid dienone is 1. The number of halogens is 1. The van der Waals surface area contributed by atoms with Crippen LogP contribution in [0.1, 0.15) is 37.5 Å². The molecule has 0 bridgehead atoms. The number of nitrogens with zero attached hydrogens (tertiary/aromatic N) is 1. The Bertz CT molecular complexity index is 814. The van der Waals surface area contributed by atoms with Crippen molar-refractivity contribution in [3.63, 3.8) is 0 Å². The molecule has 2 aromatic carbocycles. The van der Waals surface area contributed by atoms with Crippen molar-refractivity contribution in [3.05, 3.63) is 77.6 Å². The van der Waals surface area contributed by atoms with Crippen LogP contribution in [-0.2, 0) is 25.6 Å². The lowest BCUT2D eigenvalue weighted by atomic mass is 10.1. The third-order valence-electron chi connectivity index (χ3n) is 3.53. The van der Waals surface area contributed by atoms with Crippen LogP contribution in [0.2, 0.25) is 0 Å². The lowest BCUT2D eigenvalue weighted by Crippen LogP contribution is -1.91. The van der Waals surface area contributed by atoms with Crippen LogP contribution >= 0.6 is 0 Å². The molecule has 7 heteroatoms. The minimum absolute atomic E-state index is 0.231. The van der Waals surface area contributed by atoms with Crippen LogP contribution in [-0.4, -0.2) is 35.2 Å². The normalized spacial score (nSPS) is 8.76. The van der Waals surface area contributed by atoms with Gasteiger partial charge >= 0.3 is 0 Å². The average molecular weight is 462 g/mol. The molecule has 0 aliphatic heterocycles. The molecule has 0 unspecified atom stereocenters. The summed E-state index contributed by atoms with van der Waals surface area (Å²) in [6, 6.07) is 12.1. The lowest BCUT2D eigenvalue weighted by molar-refractivity contribution is -0.0980. The van der Waals surface area contributed by atoms with E-state index in [9.17, 15) is 4.39 Å². The Labute approximate surface area is 197 Å². The number of rotatable bonds is 6. The second-order valence-corrected chi connectivity index (χ2v) is 5.37. The first-order valence-corrected chi connectivity index (χ1v) is 9.96. The first-order chi connectivity index (χ1) is 16.0. The third-order valence-corrected chi connectivity index (χ3v) is 3.53. The SMILES string of the molecule is C/C=C(\OC)c1ccc(F)cc1.C=Cc1cc(COC)ccc1OC.C=O.CC.COC#N. The van der Waals surface area contributed by atoms with Crippen molar-refractivity contribution in [2.45, 2.75) is 27.4 Å². The molecule has 2 rings (SSSR count). The van der Waals surface area contributed by atoms with Crippen molar-refractivity contribution in [2.24, 2.45) is 0 Å². The molecule has 0 amide bonds. The number of hydrogen-bond acceptors (Lipinski definition) is 6. The van der Waals surface area contributed by atoms with E-state index in [4.69, 9.17) is 24.3 Å². The molecule has 0 heterocycles. The summed E-state index contributed by atoms with van der Waals surface area (Å²) in [5, 5.41) is 7.40. The Kier molecular flexibility index (Phi) is 25.4. The monoisotopic (exact) mass is 461 g/mol. The van der Waals surface area contributed by atoms with Gasteiger partial charge in [0, 0.05) is 18.2 Å². The number of hydrogen-bond donors (Lipinski definition) is 0. The maximum Gasteiger partial charge on any atom is 0.286 e. The van der Waals surface area contributed by atoms with E-state index in [1.54, 1.807) is 39.5 Å². The lowest BCUT2D eigenvalue weighted by Gasteiger charge is -2.06. The molecule has 0 saturated heterocycles. The van der Waals surface area contributed by atoms with E-state index in [0.717, 1.165) is 28.2 Å². The Hall–Kier alpha value is -3.63. The van der Waals surface area contributed by atoms with Crippen LogP contribution < -0.4 is 4.74 Å². The van der Waals surface area contributed by atoms with Gasteiger partial charge in [-0.2, -0.15) is 5.26 Å².